The monoisotopic (exact) mass is 400 g/mol. The van der Waals surface area contributed by atoms with Gasteiger partial charge in [0.05, 0.1) is 12.1 Å². The minimum absolute atomic E-state index is 0.0473. The number of benzene rings is 2. The van der Waals surface area contributed by atoms with E-state index in [0.29, 0.717) is 11.3 Å². The lowest BCUT2D eigenvalue weighted by atomic mass is 10.1. The van der Waals surface area contributed by atoms with Crippen LogP contribution in [0.3, 0.4) is 0 Å². The van der Waals surface area contributed by atoms with Crippen molar-refractivity contribution in [1.82, 2.24) is 5.32 Å². The molecule has 0 spiro atoms. The molecule has 1 amide bonds. The molecule has 1 aliphatic carbocycles. The van der Waals surface area contributed by atoms with Crippen LogP contribution in [0.25, 0.3) is 6.08 Å². The second-order valence-corrected chi connectivity index (χ2v) is 6.69. The van der Waals surface area contributed by atoms with Crippen LogP contribution in [0.2, 0.25) is 5.02 Å². The standard InChI is InChI=1S/C21H18ClFN2O3/c1-27-19-7-2-4-13(10-14(11-24)21(26)25-15-8-9-15)20(19)28-12-16-17(22)5-3-6-18(16)23/h2-7,10,15H,8-9,12H2,1H3,(H,25,26). The van der Waals surface area contributed by atoms with Gasteiger partial charge in [-0.25, -0.2) is 4.39 Å². The number of hydrogen-bond donors (Lipinski definition) is 1. The van der Waals surface area contributed by atoms with E-state index in [2.05, 4.69) is 5.32 Å². The molecule has 0 saturated heterocycles. The van der Waals surface area contributed by atoms with Crippen LogP contribution in [0.15, 0.2) is 42.0 Å². The van der Waals surface area contributed by atoms with Crippen LogP contribution < -0.4 is 14.8 Å². The average molecular weight is 401 g/mol. The number of methoxy groups -OCH3 is 1. The SMILES string of the molecule is COc1cccc(C=C(C#N)C(=O)NC2CC2)c1OCc1c(F)cccc1Cl. The molecular formula is C21H18ClFN2O3. The average Bonchev–Trinajstić information content (AvgIpc) is 3.50. The summed E-state index contributed by atoms with van der Waals surface area (Å²) >= 11 is 6.05. The first kappa shape index (κ1) is 19.7. The van der Waals surface area contributed by atoms with E-state index in [4.69, 9.17) is 21.1 Å². The predicted octanol–water partition coefficient (Wildman–Crippen LogP) is 4.25. The van der Waals surface area contributed by atoms with Gasteiger partial charge in [0.15, 0.2) is 11.5 Å². The van der Waals surface area contributed by atoms with Gasteiger partial charge < -0.3 is 14.8 Å². The van der Waals surface area contributed by atoms with E-state index in [1.165, 1.54) is 25.3 Å². The second-order valence-electron chi connectivity index (χ2n) is 6.29. The summed E-state index contributed by atoms with van der Waals surface area (Å²) in [5, 5.41) is 12.4. The molecule has 5 nitrogen and oxygen atoms in total. The highest BCUT2D eigenvalue weighted by Crippen LogP contribution is 2.34. The number of ether oxygens (including phenoxy) is 2. The molecule has 3 rings (SSSR count). The van der Waals surface area contributed by atoms with Crippen LogP contribution in [0.1, 0.15) is 24.0 Å². The van der Waals surface area contributed by atoms with Gasteiger partial charge in [0.2, 0.25) is 0 Å². The normalized spacial score (nSPS) is 13.6. The third kappa shape index (κ3) is 4.62. The fourth-order valence-electron chi connectivity index (χ4n) is 2.57. The van der Waals surface area contributed by atoms with Crippen molar-refractivity contribution >= 4 is 23.6 Å². The van der Waals surface area contributed by atoms with Gasteiger partial charge in [-0.3, -0.25) is 4.79 Å². The lowest BCUT2D eigenvalue weighted by Crippen LogP contribution is -2.26. The third-order valence-electron chi connectivity index (χ3n) is 4.23. The molecule has 0 heterocycles. The van der Waals surface area contributed by atoms with Gasteiger partial charge in [-0.05, 0) is 37.1 Å². The molecule has 28 heavy (non-hydrogen) atoms. The fraction of sp³-hybridized carbons (Fsp3) is 0.238. The highest BCUT2D eigenvalue weighted by molar-refractivity contribution is 6.31. The molecule has 0 aromatic heterocycles. The Labute approximate surface area is 167 Å². The second kappa shape index (κ2) is 8.77. The maximum Gasteiger partial charge on any atom is 0.262 e. The van der Waals surface area contributed by atoms with E-state index >= 15 is 0 Å². The topological polar surface area (TPSA) is 71.3 Å². The van der Waals surface area contributed by atoms with Gasteiger partial charge in [0, 0.05) is 17.2 Å². The maximum absolute atomic E-state index is 14.0. The molecule has 0 bridgehead atoms. The zero-order chi connectivity index (χ0) is 20.1. The summed E-state index contributed by atoms with van der Waals surface area (Å²) in [5.74, 6) is -0.241. The van der Waals surface area contributed by atoms with Gasteiger partial charge >= 0.3 is 0 Å². The zero-order valence-corrected chi connectivity index (χ0v) is 15.9. The number of nitriles is 1. The Kier molecular flexibility index (Phi) is 6.17. The number of carbonyl (C=O) groups is 1. The van der Waals surface area contributed by atoms with Crippen LogP contribution in [0, 0.1) is 17.1 Å². The first-order valence-corrected chi connectivity index (χ1v) is 9.06. The van der Waals surface area contributed by atoms with Crippen molar-refractivity contribution in [2.75, 3.05) is 7.11 Å². The summed E-state index contributed by atoms with van der Waals surface area (Å²) < 4.78 is 25.1. The molecule has 7 heteroatoms. The molecule has 1 saturated carbocycles. The number of nitrogens with zero attached hydrogens (tertiary/aromatic N) is 1. The number of para-hydroxylation sites is 1. The van der Waals surface area contributed by atoms with E-state index in [1.807, 2.05) is 6.07 Å². The van der Waals surface area contributed by atoms with Crippen molar-refractivity contribution in [2.45, 2.75) is 25.5 Å². The number of nitrogens with one attached hydrogen (secondary N) is 1. The molecular weight excluding hydrogens is 383 g/mol. The first-order chi connectivity index (χ1) is 13.5. The molecule has 0 atom stereocenters. The van der Waals surface area contributed by atoms with Gasteiger partial charge in [0.1, 0.15) is 24.1 Å². The van der Waals surface area contributed by atoms with Gasteiger partial charge in [-0.2, -0.15) is 5.26 Å². The van der Waals surface area contributed by atoms with E-state index in [9.17, 15) is 14.4 Å². The Morgan fingerprint density at radius 3 is 2.75 bits per heavy atom. The highest BCUT2D eigenvalue weighted by atomic mass is 35.5. The molecule has 0 unspecified atom stereocenters. The molecule has 0 radical (unpaired) electrons. The van der Waals surface area contributed by atoms with Crippen molar-refractivity contribution in [1.29, 1.82) is 5.26 Å². The van der Waals surface area contributed by atoms with E-state index in [-0.39, 0.29) is 34.6 Å². The van der Waals surface area contributed by atoms with E-state index in [0.717, 1.165) is 12.8 Å². The minimum Gasteiger partial charge on any atom is -0.493 e. The number of rotatable bonds is 7. The molecule has 144 valence electrons. The predicted molar refractivity (Wildman–Crippen MR) is 103 cm³/mol. The summed E-state index contributed by atoms with van der Waals surface area (Å²) in [7, 11) is 1.47. The highest BCUT2D eigenvalue weighted by Gasteiger charge is 2.25. The van der Waals surface area contributed by atoms with Crippen molar-refractivity contribution in [3.63, 3.8) is 0 Å². The van der Waals surface area contributed by atoms with E-state index in [1.54, 1.807) is 24.3 Å². The number of hydrogen-bond acceptors (Lipinski definition) is 4. The van der Waals surface area contributed by atoms with Crippen LogP contribution >= 0.6 is 11.6 Å². The zero-order valence-electron chi connectivity index (χ0n) is 15.2. The van der Waals surface area contributed by atoms with Crippen molar-refractivity contribution in [3.8, 4) is 17.6 Å². The van der Waals surface area contributed by atoms with Crippen LogP contribution in [0.4, 0.5) is 4.39 Å². The Bertz CT molecular complexity index is 944. The Hall–Kier alpha value is -3.04. The first-order valence-electron chi connectivity index (χ1n) is 8.68. The van der Waals surface area contributed by atoms with Crippen LogP contribution in [0.5, 0.6) is 11.5 Å². The van der Waals surface area contributed by atoms with Gasteiger partial charge in [-0.1, -0.05) is 29.8 Å². The number of amides is 1. The smallest absolute Gasteiger partial charge is 0.262 e. The van der Waals surface area contributed by atoms with Gasteiger partial charge in [-0.15, -0.1) is 0 Å². The largest absolute Gasteiger partial charge is 0.493 e. The molecule has 1 N–H and O–H groups in total. The Morgan fingerprint density at radius 2 is 2.11 bits per heavy atom. The van der Waals surface area contributed by atoms with Gasteiger partial charge in [0.25, 0.3) is 5.91 Å². The lowest BCUT2D eigenvalue weighted by molar-refractivity contribution is -0.117. The van der Waals surface area contributed by atoms with Crippen molar-refractivity contribution in [2.24, 2.45) is 0 Å². The molecule has 0 aliphatic heterocycles. The summed E-state index contributed by atoms with van der Waals surface area (Å²) in [5.41, 5.74) is 0.625. The number of halogens is 2. The van der Waals surface area contributed by atoms with Crippen LogP contribution in [-0.2, 0) is 11.4 Å². The Balaban J connectivity index is 1.90. The molecule has 2 aromatic rings. The van der Waals surface area contributed by atoms with E-state index < -0.39 is 11.7 Å². The molecule has 1 aliphatic rings. The Morgan fingerprint density at radius 1 is 1.36 bits per heavy atom. The molecule has 1 fully saturated rings. The summed E-state index contributed by atoms with van der Waals surface area (Å²) in [4.78, 5) is 12.2. The summed E-state index contributed by atoms with van der Waals surface area (Å²) in [6, 6.07) is 11.5. The van der Waals surface area contributed by atoms with Crippen molar-refractivity contribution < 1.29 is 18.7 Å². The quantitative estimate of drug-likeness (QED) is 0.557. The van der Waals surface area contributed by atoms with Crippen LogP contribution in [-0.4, -0.2) is 19.1 Å². The lowest BCUT2D eigenvalue weighted by Gasteiger charge is -2.15. The molecule has 2 aromatic carbocycles. The fourth-order valence-corrected chi connectivity index (χ4v) is 2.79. The minimum atomic E-state index is -0.485. The summed E-state index contributed by atoms with van der Waals surface area (Å²) in [6.07, 6.45) is 3.27. The summed E-state index contributed by atoms with van der Waals surface area (Å²) in [6.45, 7) is -0.136. The maximum atomic E-state index is 14.0. The van der Waals surface area contributed by atoms with Crippen molar-refractivity contribution in [3.05, 3.63) is 63.9 Å². The number of carbonyl (C=O) groups excluding carboxylic acids is 1. The third-order valence-corrected chi connectivity index (χ3v) is 4.58.